The second-order valence-electron chi connectivity index (χ2n) is 6.93. The van der Waals surface area contributed by atoms with E-state index >= 15 is 0 Å². The first-order chi connectivity index (χ1) is 13.1. The third-order valence-electron chi connectivity index (χ3n) is 4.92. The van der Waals surface area contributed by atoms with Gasteiger partial charge in [0.15, 0.2) is 11.2 Å². The van der Waals surface area contributed by atoms with Crippen molar-refractivity contribution >= 4 is 28.3 Å². The Bertz CT molecular complexity index is 727. The van der Waals surface area contributed by atoms with E-state index < -0.39 is 6.10 Å². The van der Waals surface area contributed by atoms with E-state index in [1.165, 1.54) is 17.8 Å². The molecule has 1 atom stereocenters. The predicted molar refractivity (Wildman–Crippen MR) is 107 cm³/mol. The smallest absolute Gasteiger partial charge is 0.306 e. The fourth-order valence-electron chi connectivity index (χ4n) is 3.50. The highest BCUT2D eigenvalue weighted by Gasteiger charge is 2.32. The Morgan fingerprint density at radius 1 is 1.22 bits per heavy atom. The van der Waals surface area contributed by atoms with Gasteiger partial charge in [-0.25, -0.2) is 4.98 Å². The molecule has 1 aliphatic rings. The summed E-state index contributed by atoms with van der Waals surface area (Å²) in [5.41, 5.74) is 1.08. The number of ether oxygens (including phenoxy) is 1. The molecular formula is C21H26N2O3S. The normalized spacial score (nSPS) is 15.9. The van der Waals surface area contributed by atoms with E-state index in [1.54, 1.807) is 18.0 Å². The zero-order chi connectivity index (χ0) is 19.1. The molecule has 144 valence electrons. The van der Waals surface area contributed by atoms with E-state index in [1.807, 2.05) is 35.7 Å². The van der Waals surface area contributed by atoms with Crippen LogP contribution < -0.4 is 4.90 Å². The Kier molecular flexibility index (Phi) is 6.98. The van der Waals surface area contributed by atoms with E-state index in [9.17, 15) is 9.59 Å². The first-order valence-electron chi connectivity index (χ1n) is 9.61. The van der Waals surface area contributed by atoms with Gasteiger partial charge in [0.2, 0.25) is 0 Å². The summed E-state index contributed by atoms with van der Waals surface area (Å²) in [6, 6.07) is 9.94. The van der Waals surface area contributed by atoms with Crippen LogP contribution in [0.4, 0.5) is 5.13 Å². The lowest BCUT2D eigenvalue weighted by atomic mass is 9.94. The van der Waals surface area contributed by atoms with Crippen molar-refractivity contribution in [2.75, 3.05) is 4.90 Å². The van der Waals surface area contributed by atoms with Crippen molar-refractivity contribution in [1.29, 1.82) is 0 Å². The Hall–Kier alpha value is -2.21. The predicted octanol–water partition coefficient (Wildman–Crippen LogP) is 4.37. The van der Waals surface area contributed by atoms with Crippen molar-refractivity contribution in [1.82, 2.24) is 4.98 Å². The van der Waals surface area contributed by atoms with Gasteiger partial charge in [-0.1, -0.05) is 49.6 Å². The van der Waals surface area contributed by atoms with Crippen LogP contribution in [0.5, 0.6) is 0 Å². The van der Waals surface area contributed by atoms with Crippen LogP contribution in [0.15, 0.2) is 41.9 Å². The second kappa shape index (κ2) is 9.65. The van der Waals surface area contributed by atoms with E-state index in [0.29, 0.717) is 11.6 Å². The van der Waals surface area contributed by atoms with Crippen molar-refractivity contribution in [3.63, 3.8) is 0 Å². The zero-order valence-electron chi connectivity index (χ0n) is 15.7. The van der Waals surface area contributed by atoms with Crippen molar-refractivity contribution < 1.29 is 14.3 Å². The number of carbonyl (C=O) groups excluding carboxylic acids is 2. The quantitative estimate of drug-likeness (QED) is 0.663. The van der Waals surface area contributed by atoms with Gasteiger partial charge in [0.25, 0.3) is 5.91 Å². The average molecular weight is 387 g/mol. The topological polar surface area (TPSA) is 59.5 Å². The first kappa shape index (κ1) is 19.5. The number of amides is 1. The minimum atomic E-state index is -0.806. The Morgan fingerprint density at radius 3 is 2.63 bits per heavy atom. The Morgan fingerprint density at radius 2 is 1.96 bits per heavy atom. The van der Waals surface area contributed by atoms with Crippen molar-refractivity contribution in [3.8, 4) is 0 Å². The molecule has 0 spiro atoms. The molecule has 0 aliphatic heterocycles. The van der Waals surface area contributed by atoms with Crippen molar-refractivity contribution in [2.45, 2.75) is 64.0 Å². The van der Waals surface area contributed by atoms with Crippen LogP contribution in [0.3, 0.4) is 0 Å². The van der Waals surface area contributed by atoms with Crippen molar-refractivity contribution in [3.05, 3.63) is 47.5 Å². The summed E-state index contributed by atoms with van der Waals surface area (Å²) in [4.78, 5) is 31.4. The molecule has 1 amide bonds. The number of hydrogen-bond donors (Lipinski definition) is 0. The number of carbonyl (C=O) groups is 2. The van der Waals surface area contributed by atoms with Crippen LogP contribution >= 0.6 is 11.3 Å². The zero-order valence-corrected chi connectivity index (χ0v) is 16.5. The number of benzene rings is 1. The average Bonchev–Trinajstić information content (AvgIpc) is 3.22. The van der Waals surface area contributed by atoms with Crippen LogP contribution in [-0.2, 0) is 20.7 Å². The molecule has 1 heterocycles. The second-order valence-corrected chi connectivity index (χ2v) is 7.81. The molecule has 1 aromatic heterocycles. The van der Waals surface area contributed by atoms with Gasteiger partial charge in [0.05, 0.1) is 0 Å². The van der Waals surface area contributed by atoms with Gasteiger partial charge in [-0.05, 0) is 31.7 Å². The number of thiazole rings is 1. The SMILES string of the molecule is CC(OC(=O)CCc1ccccc1)C(=O)N(c1nccs1)C1CCCCC1. The standard InChI is InChI=1S/C21H26N2O3S/c1-16(26-19(24)13-12-17-8-4-2-5-9-17)20(25)23(21-22-14-15-27-21)18-10-6-3-7-11-18/h2,4-5,8-9,14-16,18H,3,6-7,10-13H2,1H3. The van der Waals surface area contributed by atoms with E-state index in [-0.39, 0.29) is 24.3 Å². The number of nitrogens with zero attached hydrogens (tertiary/aromatic N) is 2. The van der Waals surface area contributed by atoms with Gasteiger partial charge in [-0.3, -0.25) is 14.5 Å². The molecule has 5 nitrogen and oxygen atoms in total. The highest BCUT2D eigenvalue weighted by Crippen LogP contribution is 2.29. The Balaban J connectivity index is 1.60. The lowest BCUT2D eigenvalue weighted by Crippen LogP contribution is -2.47. The fourth-order valence-corrected chi connectivity index (χ4v) is 4.22. The number of rotatable bonds is 7. The molecule has 1 aliphatic carbocycles. The Labute approximate surface area is 164 Å². The van der Waals surface area contributed by atoms with Gasteiger partial charge in [-0.15, -0.1) is 11.3 Å². The number of anilines is 1. The molecule has 0 bridgehead atoms. The van der Waals surface area contributed by atoms with Gasteiger partial charge < -0.3 is 4.74 Å². The summed E-state index contributed by atoms with van der Waals surface area (Å²) in [7, 11) is 0. The summed E-state index contributed by atoms with van der Waals surface area (Å²) in [6.45, 7) is 1.66. The minimum Gasteiger partial charge on any atom is -0.453 e. The summed E-state index contributed by atoms with van der Waals surface area (Å²) < 4.78 is 5.45. The summed E-state index contributed by atoms with van der Waals surface area (Å²) in [5.74, 6) is -0.521. The van der Waals surface area contributed by atoms with Gasteiger partial charge in [0, 0.05) is 24.0 Å². The molecule has 1 saturated carbocycles. The van der Waals surface area contributed by atoms with Crippen LogP contribution in [0.2, 0.25) is 0 Å². The van der Waals surface area contributed by atoms with Crippen LogP contribution in [0, 0.1) is 0 Å². The molecular weight excluding hydrogens is 360 g/mol. The van der Waals surface area contributed by atoms with E-state index in [2.05, 4.69) is 4.98 Å². The lowest BCUT2D eigenvalue weighted by molar-refractivity contribution is -0.154. The third kappa shape index (κ3) is 5.39. The molecule has 1 aromatic carbocycles. The van der Waals surface area contributed by atoms with Crippen LogP contribution in [0.1, 0.15) is 51.0 Å². The molecule has 27 heavy (non-hydrogen) atoms. The molecule has 6 heteroatoms. The fraction of sp³-hybridized carbons (Fsp3) is 0.476. The summed E-state index contributed by atoms with van der Waals surface area (Å²) in [6.07, 6.45) is 7.16. The van der Waals surface area contributed by atoms with E-state index in [0.717, 1.165) is 31.2 Å². The maximum Gasteiger partial charge on any atom is 0.306 e. The molecule has 1 unspecified atom stereocenters. The number of esters is 1. The third-order valence-corrected chi connectivity index (χ3v) is 5.69. The van der Waals surface area contributed by atoms with Gasteiger partial charge >= 0.3 is 5.97 Å². The largest absolute Gasteiger partial charge is 0.453 e. The monoisotopic (exact) mass is 386 g/mol. The van der Waals surface area contributed by atoms with Gasteiger partial charge in [-0.2, -0.15) is 0 Å². The first-order valence-corrected chi connectivity index (χ1v) is 10.5. The summed E-state index contributed by atoms with van der Waals surface area (Å²) >= 11 is 1.45. The molecule has 1 fully saturated rings. The molecule has 0 saturated heterocycles. The number of hydrogen-bond acceptors (Lipinski definition) is 5. The van der Waals surface area contributed by atoms with E-state index in [4.69, 9.17) is 4.74 Å². The molecule has 0 radical (unpaired) electrons. The minimum absolute atomic E-state index is 0.142. The highest BCUT2D eigenvalue weighted by atomic mass is 32.1. The number of aromatic nitrogens is 1. The maximum absolute atomic E-state index is 13.1. The highest BCUT2D eigenvalue weighted by molar-refractivity contribution is 7.13. The maximum atomic E-state index is 13.1. The summed E-state index contributed by atoms with van der Waals surface area (Å²) in [5, 5.41) is 2.56. The number of aryl methyl sites for hydroxylation is 1. The lowest BCUT2D eigenvalue weighted by Gasteiger charge is -2.33. The van der Waals surface area contributed by atoms with Crippen LogP contribution in [-0.4, -0.2) is 29.0 Å². The van der Waals surface area contributed by atoms with Gasteiger partial charge in [0.1, 0.15) is 0 Å². The molecule has 0 N–H and O–H groups in total. The van der Waals surface area contributed by atoms with Crippen LogP contribution in [0.25, 0.3) is 0 Å². The molecule has 3 rings (SSSR count). The van der Waals surface area contributed by atoms with Crippen molar-refractivity contribution in [2.24, 2.45) is 0 Å². The molecule has 2 aromatic rings.